The molecule has 1 unspecified atom stereocenters. The smallest absolute Gasteiger partial charge is 0.163 e. The van der Waals surface area contributed by atoms with Crippen LogP contribution in [0.15, 0.2) is 36.7 Å². The molecule has 92 valence electrons. The van der Waals surface area contributed by atoms with E-state index in [1.807, 2.05) is 24.3 Å². The summed E-state index contributed by atoms with van der Waals surface area (Å²) in [5.41, 5.74) is 0.785. The van der Waals surface area contributed by atoms with Crippen molar-refractivity contribution in [2.45, 2.75) is 12.8 Å². The van der Waals surface area contributed by atoms with E-state index in [1.165, 1.54) is 0 Å². The number of rotatable bonds is 3. The van der Waals surface area contributed by atoms with Crippen LogP contribution in [-0.2, 0) is 4.74 Å². The van der Waals surface area contributed by atoms with Crippen LogP contribution in [0.3, 0.4) is 0 Å². The first kappa shape index (κ1) is 11.4. The SMILES string of the molecule is O=C(CC1CCOC1)c1cccc2ccncc12. The molecule has 3 heteroatoms. The van der Waals surface area contributed by atoms with E-state index in [-0.39, 0.29) is 5.78 Å². The minimum atomic E-state index is 0.198. The van der Waals surface area contributed by atoms with E-state index in [1.54, 1.807) is 12.4 Å². The Morgan fingerprint density at radius 1 is 1.39 bits per heavy atom. The molecule has 18 heavy (non-hydrogen) atoms. The quantitative estimate of drug-likeness (QED) is 0.776. The zero-order valence-electron chi connectivity index (χ0n) is 10.1. The van der Waals surface area contributed by atoms with E-state index >= 15 is 0 Å². The highest BCUT2D eigenvalue weighted by Crippen LogP contribution is 2.23. The summed E-state index contributed by atoms with van der Waals surface area (Å²) in [4.78, 5) is 16.4. The van der Waals surface area contributed by atoms with Gasteiger partial charge in [-0.05, 0) is 23.8 Å². The van der Waals surface area contributed by atoms with Gasteiger partial charge in [-0.2, -0.15) is 0 Å². The van der Waals surface area contributed by atoms with Crippen molar-refractivity contribution in [2.24, 2.45) is 5.92 Å². The molecule has 0 spiro atoms. The average molecular weight is 241 g/mol. The first-order valence-corrected chi connectivity index (χ1v) is 6.28. The molecule has 3 nitrogen and oxygen atoms in total. The number of pyridine rings is 1. The van der Waals surface area contributed by atoms with Crippen LogP contribution in [0.1, 0.15) is 23.2 Å². The molecule has 1 aliphatic rings. The Balaban J connectivity index is 1.91. The molecule has 0 amide bonds. The number of hydrogen-bond acceptors (Lipinski definition) is 3. The minimum Gasteiger partial charge on any atom is -0.381 e. The summed E-state index contributed by atoms with van der Waals surface area (Å²) in [6.07, 6.45) is 5.10. The summed E-state index contributed by atoms with van der Waals surface area (Å²) in [7, 11) is 0. The van der Waals surface area contributed by atoms with Gasteiger partial charge in [0.1, 0.15) is 0 Å². The van der Waals surface area contributed by atoms with E-state index in [4.69, 9.17) is 4.74 Å². The highest BCUT2D eigenvalue weighted by molar-refractivity contribution is 6.07. The van der Waals surface area contributed by atoms with Gasteiger partial charge in [-0.25, -0.2) is 0 Å². The largest absolute Gasteiger partial charge is 0.381 e. The Hall–Kier alpha value is -1.74. The van der Waals surface area contributed by atoms with Crippen LogP contribution in [0.2, 0.25) is 0 Å². The molecule has 3 rings (SSSR count). The molecule has 1 aromatic heterocycles. The maximum atomic E-state index is 12.3. The lowest BCUT2D eigenvalue weighted by Crippen LogP contribution is -2.09. The molecule has 0 radical (unpaired) electrons. The second-order valence-electron chi connectivity index (χ2n) is 4.76. The Morgan fingerprint density at radius 2 is 2.33 bits per heavy atom. The van der Waals surface area contributed by atoms with Crippen molar-refractivity contribution < 1.29 is 9.53 Å². The third kappa shape index (κ3) is 2.14. The van der Waals surface area contributed by atoms with Crippen LogP contribution in [0.25, 0.3) is 10.8 Å². The van der Waals surface area contributed by atoms with E-state index < -0.39 is 0 Å². The summed E-state index contributed by atoms with van der Waals surface area (Å²) in [6, 6.07) is 7.76. The van der Waals surface area contributed by atoms with Gasteiger partial charge in [-0.15, -0.1) is 0 Å². The van der Waals surface area contributed by atoms with Gasteiger partial charge in [0.2, 0.25) is 0 Å². The van der Waals surface area contributed by atoms with Crippen LogP contribution >= 0.6 is 0 Å². The molecule has 0 saturated carbocycles. The summed E-state index contributed by atoms with van der Waals surface area (Å²) in [6.45, 7) is 1.50. The maximum Gasteiger partial charge on any atom is 0.163 e. The van der Waals surface area contributed by atoms with Gasteiger partial charge in [0, 0.05) is 43.0 Å². The number of ketones is 1. The first-order chi connectivity index (χ1) is 8.84. The van der Waals surface area contributed by atoms with Crippen molar-refractivity contribution >= 4 is 16.6 Å². The van der Waals surface area contributed by atoms with Crippen LogP contribution < -0.4 is 0 Å². The summed E-state index contributed by atoms with van der Waals surface area (Å²) in [5, 5.41) is 2.02. The fourth-order valence-corrected chi connectivity index (χ4v) is 2.47. The Labute approximate surface area is 106 Å². The fourth-order valence-electron chi connectivity index (χ4n) is 2.47. The first-order valence-electron chi connectivity index (χ1n) is 6.28. The average Bonchev–Trinajstić information content (AvgIpc) is 2.91. The van der Waals surface area contributed by atoms with Crippen molar-refractivity contribution in [3.8, 4) is 0 Å². The predicted octanol–water partition coefficient (Wildman–Crippen LogP) is 2.84. The number of Topliss-reactive ketones (excluding diaryl/α,β-unsaturated/α-hetero) is 1. The number of aromatic nitrogens is 1. The highest BCUT2D eigenvalue weighted by Gasteiger charge is 2.20. The highest BCUT2D eigenvalue weighted by atomic mass is 16.5. The molecular formula is C15H15NO2. The third-order valence-corrected chi connectivity index (χ3v) is 3.48. The summed E-state index contributed by atoms with van der Waals surface area (Å²) >= 11 is 0. The Morgan fingerprint density at radius 3 is 3.17 bits per heavy atom. The fraction of sp³-hybridized carbons (Fsp3) is 0.333. The van der Waals surface area contributed by atoms with Crippen LogP contribution in [0, 0.1) is 5.92 Å². The molecule has 1 fully saturated rings. The van der Waals surface area contributed by atoms with Crippen LogP contribution in [0.5, 0.6) is 0 Å². The lowest BCUT2D eigenvalue weighted by Gasteiger charge is -2.08. The lowest BCUT2D eigenvalue weighted by molar-refractivity contribution is 0.0954. The molecule has 1 aromatic carbocycles. The standard InChI is InChI=1S/C15H15NO2/c17-15(8-11-5-7-18-10-11)13-3-1-2-12-4-6-16-9-14(12)13/h1-4,6,9,11H,5,7-8,10H2. The molecular weight excluding hydrogens is 226 g/mol. The Bertz CT molecular complexity index is 568. The number of nitrogens with zero attached hydrogens (tertiary/aromatic N) is 1. The lowest BCUT2D eigenvalue weighted by atomic mass is 9.95. The second-order valence-corrected chi connectivity index (χ2v) is 4.76. The third-order valence-electron chi connectivity index (χ3n) is 3.48. The molecule has 0 bridgehead atoms. The number of carbonyl (C=O) groups excluding carboxylic acids is 1. The van der Waals surface area contributed by atoms with E-state index in [0.29, 0.717) is 12.3 Å². The van der Waals surface area contributed by atoms with E-state index in [2.05, 4.69) is 4.98 Å². The molecule has 1 atom stereocenters. The van der Waals surface area contributed by atoms with E-state index in [0.717, 1.165) is 36.0 Å². The molecule has 0 aliphatic carbocycles. The van der Waals surface area contributed by atoms with Gasteiger partial charge in [0.15, 0.2) is 5.78 Å². The number of carbonyl (C=O) groups is 1. The van der Waals surface area contributed by atoms with E-state index in [9.17, 15) is 4.79 Å². The van der Waals surface area contributed by atoms with Crippen molar-refractivity contribution in [3.05, 3.63) is 42.2 Å². The van der Waals surface area contributed by atoms with Crippen molar-refractivity contribution in [1.29, 1.82) is 0 Å². The van der Waals surface area contributed by atoms with Crippen LogP contribution in [-0.4, -0.2) is 24.0 Å². The Kier molecular flexibility index (Phi) is 3.07. The second kappa shape index (κ2) is 4.86. The number of benzene rings is 1. The van der Waals surface area contributed by atoms with Crippen molar-refractivity contribution in [1.82, 2.24) is 4.98 Å². The molecule has 1 aliphatic heterocycles. The van der Waals surface area contributed by atoms with Crippen molar-refractivity contribution in [2.75, 3.05) is 13.2 Å². The normalized spacial score (nSPS) is 19.2. The summed E-state index contributed by atoms with van der Waals surface area (Å²) < 4.78 is 5.32. The van der Waals surface area contributed by atoms with Gasteiger partial charge in [-0.3, -0.25) is 9.78 Å². The van der Waals surface area contributed by atoms with Gasteiger partial charge in [0.05, 0.1) is 0 Å². The zero-order valence-corrected chi connectivity index (χ0v) is 10.1. The predicted molar refractivity (Wildman–Crippen MR) is 69.6 cm³/mol. The number of hydrogen-bond donors (Lipinski definition) is 0. The molecule has 2 heterocycles. The number of ether oxygens (including phenoxy) is 1. The topological polar surface area (TPSA) is 39.2 Å². The van der Waals surface area contributed by atoms with Gasteiger partial charge in [-0.1, -0.05) is 18.2 Å². The summed E-state index contributed by atoms with van der Waals surface area (Å²) in [5.74, 6) is 0.577. The molecule has 1 saturated heterocycles. The minimum absolute atomic E-state index is 0.198. The molecule has 0 N–H and O–H groups in total. The van der Waals surface area contributed by atoms with Gasteiger partial charge < -0.3 is 4.74 Å². The zero-order chi connectivity index (χ0) is 12.4. The van der Waals surface area contributed by atoms with Gasteiger partial charge in [0.25, 0.3) is 0 Å². The van der Waals surface area contributed by atoms with Crippen molar-refractivity contribution in [3.63, 3.8) is 0 Å². The number of fused-ring (bicyclic) bond motifs is 1. The van der Waals surface area contributed by atoms with Crippen LogP contribution in [0.4, 0.5) is 0 Å². The monoisotopic (exact) mass is 241 g/mol. The molecule has 2 aromatic rings. The van der Waals surface area contributed by atoms with Gasteiger partial charge >= 0.3 is 0 Å². The maximum absolute atomic E-state index is 12.3.